The molecule has 6 aliphatic rings. The number of fused-ring (bicyclic) bond motifs is 5. The molecule has 0 unspecified atom stereocenters. The number of aliphatic hydroxyl groups excluding tert-OH is 3. The Morgan fingerprint density at radius 1 is 1.02 bits per heavy atom. The molecule has 0 bridgehead atoms. The van der Waals surface area contributed by atoms with Gasteiger partial charge in [0.15, 0.2) is 6.29 Å². The van der Waals surface area contributed by atoms with E-state index in [1.54, 1.807) is 6.92 Å². The Morgan fingerprint density at radius 2 is 1.78 bits per heavy atom. The van der Waals surface area contributed by atoms with Crippen LogP contribution in [0.1, 0.15) is 79.1 Å². The van der Waals surface area contributed by atoms with Crippen LogP contribution in [0, 0.1) is 34.5 Å². The number of rotatable bonds is 4. The van der Waals surface area contributed by atoms with Crippen LogP contribution in [0.5, 0.6) is 0 Å². The van der Waals surface area contributed by atoms with E-state index >= 15 is 0 Å². The molecule has 0 radical (unpaired) electrons. The van der Waals surface area contributed by atoms with E-state index in [0.29, 0.717) is 18.3 Å². The fourth-order valence-corrected chi connectivity index (χ4v) is 10.2. The summed E-state index contributed by atoms with van der Waals surface area (Å²) in [6.45, 7) is 7.70. The fraction of sp³-hybridized carbons (Fsp3) is 0.871. The Labute approximate surface area is 241 Å². The van der Waals surface area contributed by atoms with Gasteiger partial charge in [0, 0.05) is 30.8 Å². The molecule has 0 spiro atoms. The summed E-state index contributed by atoms with van der Waals surface area (Å²) in [6.07, 6.45) is 1.79. The zero-order valence-electron chi connectivity index (χ0n) is 24.5. The number of cyclic esters (lactones) is 1. The van der Waals surface area contributed by atoms with Crippen LogP contribution >= 0.6 is 0 Å². The highest BCUT2D eigenvalue weighted by Gasteiger charge is 2.71. The van der Waals surface area contributed by atoms with Crippen molar-refractivity contribution in [2.75, 3.05) is 6.61 Å². The molecular formula is C31H46O10. The summed E-state index contributed by atoms with van der Waals surface area (Å²) in [4.78, 5) is 24.1. The second-order valence-electron chi connectivity index (χ2n) is 14.2. The average molecular weight is 579 g/mol. The fourth-order valence-electron chi connectivity index (χ4n) is 10.2. The van der Waals surface area contributed by atoms with Crippen LogP contribution < -0.4 is 0 Å². The van der Waals surface area contributed by atoms with Gasteiger partial charge in [0.25, 0.3) is 0 Å². The number of hydrogen-bond acceptors (Lipinski definition) is 10. The lowest BCUT2D eigenvalue weighted by Crippen LogP contribution is -2.62. The highest BCUT2D eigenvalue weighted by Crippen LogP contribution is 2.70. The van der Waals surface area contributed by atoms with Crippen molar-refractivity contribution in [3.63, 3.8) is 0 Å². The van der Waals surface area contributed by atoms with Crippen LogP contribution in [0.3, 0.4) is 0 Å². The molecular weight excluding hydrogens is 532 g/mol. The monoisotopic (exact) mass is 578 g/mol. The zero-order valence-corrected chi connectivity index (χ0v) is 24.5. The van der Waals surface area contributed by atoms with E-state index in [0.717, 1.165) is 50.5 Å². The van der Waals surface area contributed by atoms with E-state index in [4.69, 9.17) is 18.9 Å². The van der Waals surface area contributed by atoms with E-state index in [9.17, 15) is 30.0 Å². The standard InChI is InChI=1S/C31H46O10/c1-15-25(34)26(35)27(36)28(39-15)41-19-7-9-29(3)18(12-19)5-6-21-20(29)8-10-30(4)24(17-11-23(33)38-14-17)22(40-16(2)32)13-31(21,30)37/h11,15,18-22,24-28,34-37H,5-10,12-14H2,1-4H3/t15-,18+,19+,20-,21+,22-,24+,25-,26+,27+,28+,29-,30+,31-/m0/s1. The third-order valence-electron chi connectivity index (χ3n) is 12.3. The van der Waals surface area contributed by atoms with Crippen LogP contribution in [-0.2, 0) is 28.5 Å². The maximum Gasteiger partial charge on any atom is 0.331 e. The van der Waals surface area contributed by atoms with Crippen molar-refractivity contribution in [3.05, 3.63) is 11.6 Å². The molecule has 0 aromatic carbocycles. The molecule has 2 aliphatic heterocycles. The highest BCUT2D eigenvalue weighted by atomic mass is 16.7. The summed E-state index contributed by atoms with van der Waals surface area (Å²) < 4.78 is 23.0. The van der Waals surface area contributed by atoms with Gasteiger partial charge >= 0.3 is 11.9 Å². The molecule has 10 heteroatoms. The van der Waals surface area contributed by atoms with E-state index in [-0.39, 0.29) is 41.9 Å². The predicted molar refractivity (Wildman–Crippen MR) is 144 cm³/mol. The summed E-state index contributed by atoms with van der Waals surface area (Å²) in [6, 6.07) is 0. The van der Waals surface area contributed by atoms with Crippen molar-refractivity contribution in [2.45, 2.75) is 128 Å². The first-order valence-electron chi connectivity index (χ1n) is 15.4. The summed E-state index contributed by atoms with van der Waals surface area (Å²) in [5, 5.41) is 43.4. The van der Waals surface area contributed by atoms with Crippen molar-refractivity contribution in [2.24, 2.45) is 34.5 Å². The van der Waals surface area contributed by atoms with Crippen LogP contribution in [0.15, 0.2) is 11.6 Å². The lowest BCUT2D eigenvalue weighted by atomic mass is 9.43. The minimum Gasteiger partial charge on any atom is -0.462 e. The molecule has 4 aliphatic carbocycles. The van der Waals surface area contributed by atoms with Gasteiger partial charge < -0.3 is 39.4 Å². The average Bonchev–Trinajstić information content (AvgIpc) is 3.42. The SMILES string of the molecule is CC(=O)O[C@H]1C[C@]2(O)[C@@H]3CC[C@@H]4C[C@H](O[C@H]5O[C@@H](C)[C@H](O)[C@@H](O)[C@H]5O)CC[C@]4(C)[C@H]3CC[C@]2(C)[C@@H]1C1=CC(=O)OC1. The smallest absolute Gasteiger partial charge is 0.331 e. The largest absolute Gasteiger partial charge is 0.462 e. The first kappa shape index (κ1) is 29.5. The number of carbonyl (C=O) groups is 2. The van der Waals surface area contributed by atoms with Gasteiger partial charge in [0.05, 0.1) is 17.8 Å². The van der Waals surface area contributed by atoms with E-state index in [2.05, 4.69) is 13.8 Å². The molecule has 230 valence electrons. The minimum absolute atomic E-state index is 0.00437. The van der Waals surface area contributed by atoms with Gasteiger partial charge in [-0.05, 0) is 80.6 Å². The Hall–Kier alpha value is -1.56. The Kier molecular flexibility index (Phi) is 7.39. The number of esters is 2. The third kappa shape index (κ3) is 4.51. The van der Waals surface area contributed by atoms with Gasteiger partial charge in [-0.1, -0.05) is 13.8 Å². The van der Waals surface area contributed by atoms with Gasteiger partial charge in [-0.3, -0.25) is 4.79 Å². The summed E-state index contributed by atoms with van der Waals surface area (Å²) >= 11 is 0. The van der Waals surface area contributed by atoms with Crippen molar-refractivity contribution >= 4 is 11.9 Å². The molecule has 4 saturated carbocycles. The van der Waals surface area contributed by atoms with Gasteiger partial charge in [-0.15, -0.1) is 0 Å². The molecule has 2 heterocycles. The molecule has 4 N–H and O–H groups in total. The zero-order chi connectivity index (χ0) is 29.5. The third-order valence-corrected chi connectivity index (χ3v) is 12.3. The lowest BCUT2D eigenvalue weighted by molar-refractivity contribution is -0.310. The number of aliphatic hydroxyl groups is 4. The lowest BCUT2D eigenvalue weighted by Gasteiger charge is -2.63. The maximum absolute atomic E-state index is 12.7. The van der Waals surface area contributed by atoms with Gasteiger partial charge in [-0.2, -0.15) is 0 Å². The highest BCUT2D eigenvalue weighted by molar-refractivity contribution is 5.85. The Bertz CT molecular complexity index is 1090. The molecule has 1 saturated heterocycles. The molecule has 14 atom stereocenters. The molecule has 41 heavy (non-hydrogen) atoms. The van der Waals surface area contributed by atoms with E-state index < -0.39 is 47.8 Å². The molecule has 6 rings (SSSR count). The molecule has 0 amide bonds. The first-order chi connectivity index (χ1) is 19.3. The number of carbonyl (C=O) groups excluding carboxylic acids is 2. The van der Waals surface area contributed by atoms with Gasteiger partial charge in [0.1, 0.15) is 31.0 Å². The first-order valence-corrected chi connectivity index (χ1v) is 15.4. The maximum atomic E-state index is 12.7. The normalized spacial score (nSPS) is 53.0. The van der Waals surface area contributed by atoms with Gasteiger partial charge in [-0.25, -0.2) is 4.79 Å². The quantitative estimate of drug-likeness (QED) is 0.288. The molecule has 5 fully saturated rings. The van der Waals surface area contributed by atoms with E-state index in [1.807, 2.05) is 0 Å². The van der Waals surface area contributed by atoms with Crippen LogP contribution in [0.2, 0.25) is 0 Å². The van der Waals surface area contributed by atoms with Crippen LogP contribution in [0.4, 0.5) is 0 Å². The molecule has 0 aromatic heterocycles. The summed E-state index contributed by atoms with van der Waals surface area (Å²) in [5.74, 6) is -0.326. The number of ether oxygens (including phenoxy) is 4. The van der Waals surface area contributed by atoms with Crippen LogP contribution in [0.25, 0.3) is 0 Å². The molecule has 10 nitrogen and oxygen atoms in total. The second kappa shape index (κ2) is 10.3. The van der Waals surface area contributed by atoms with Crippen LogP contribution in [-0.4, -0.2) is 87.5 Å². The Balaban J connectivity index is 1.21. The van der Waals surface area contributed by atoms with Gasteiger partial charge in [0.2, 0.25) is 0 Å². The van der Waals surface area contributed by atoms with Crippen molar-refractivity contribution in [1.29, 1.82) is 0 Å². The topological polar surface area (TPSA) is 152 Å². The van der Waals surface area contributed by atoms with Crippen molar-refractivity contribution < 1.29 is 49.0 Å². The summed E-state index contributed by atoms with van der Waals surface area (Å²) in [5.41, 5.74) is -0.777. The Morgan fingerprint density at radius 3 is 2.46 bits per heavy atom. The molecule has 0 aromatic rings. The minimum atomic E-state index is -1.32. The van der Waals surface area contributed by atoms with Crippen molar-refractivity contribution in [3.8, 4) is 0 Å². The second-order valence-corrected chi connectivity index (χ2v) is 14.2. The van der Waals surface area contributed by atoms with Crippen molar-refractivity contribution in [1.82, 2.24) is 0 Å². The number of hydrogen-bond donors (Lipinski definition) is 4. The van der Waals surface area contributed by atoms with E-state index in [1.165, 1.54) is 13.0 Å². The predicted octanol–water partition coefficient (Wildman–Crippen LogP) is 2.00. The summed E-state index contributed by atoms with van der Waals surface area (Å²) in [7, 11) is 0.